The normalized spacial score (nSPS) is 10.6. The molecular weight excluding hydrogens is 272 g/mol. The van der Waals surface area contributed by atoms with E-state index in [4.69, 9.17) is 9.84 Å². The summed E-state index contributed by atoms with van der Waals surface area (Å²) in [7, 11) is 1.56. The summed E-state index contributed by atoms with van der Waals surface area (Å²) >= 11 is 0. The summed E-state index contributed by atoms with van der Waals surface area (Å²) in [6, 6.07) is 7.13. The summed E-state index contributed by atoms with van der Waals surface area (Å²) in [4.78, 5) is 23.2. The molecule has 0 aliphatic carbocycles. The van der Waals surface area contributed by atoms with E-state index < -0.39 is 5.97 Å². The van der Waals surface area contributed by atoms with Crippen LogP contribution in [0.3, 0.4) is 0 Å². The Bertz CT molecular complexity index is 700. The van der Waals surface area contributed by atoms with Gasteiger partial charge in [0.15, 0.2) is 0 Å². The predicted octanol–water partition coefficient (Wildman–Crippen LogP) is 1.75. The van der Waals surface area contributed by atoms with Crippen molar-refractivity contribution < 1.29 is 14.6 Å². The quantitative estimate of drug-likeness (QED) is 0.849. The topological polar surface area (TPSA) is 84.3 Å². The van der Waals surface area contributed by atoms with Gasteiger partial charge in [0.2, 0.25) is 0 Å². The summed E-state index contributed by atoms with van der Waals surface area (Å²) < 4.78 is 6.58. The van der Waals surface area contributed by atoms with Crippen molar-refractivity contribution in [1.82, 2.24) is 9.78 Å². The van der Waals surface area contributed by atoms with Gasteiger partial charge in [-0.3, -0.25) is 14.7 Å². The molecule has 2 rings (SSSR count). The fourth-order valence-corrected chi connectivity index (χ4v) is 2.23. The lowest BCUT2D eigenvalue weighted by atomic mass is 10.1. The number of benzene rings is 1. The van der Waals surface area contributed by atoms with E-state index in [1.165, 1.54) is 4.68 Å². The van der Waals surface area contributed by atoms with Gasteiger partial charge in [-0.15, -0.1) is 0 Å². The Morgan fingerprint density at radius 3 is 2.81 bits per heavy atom. The molecule has 0 spiro atoms. The van der Waals surface area contributed by atoms with Crippen molar-refractivity contribution in [2.45, 2.75) is 26.2 Å². The van der Waals surface area contributed by atoms with E-state index in [-0.39, 0.29) is 18.4 Å². The van der Waals surface area contributed by atoms with Crippen LogP contribution >= 0.6 is 0 Å². The molecule has 21 heavy (non-hydrogen) atoms. The molecule has 0 amide bonds. The molecule has 0 aliphatic rings. The predicted molar refractivity (Wildman–Crippen MR) is 78.3 cm³/mol. The minimum atomic E-state index is -0.911. The Labute approximate surface area is 122 Å². The third-order valence-electron chi connectivity index (χ3n) is 3.33. The Kier molecular flexibility index (Phi) is 4.47. The van der Waals surface area contributed by atoms with Crippen molar-refractivity contribution in [3.05, 3.63) is 45.9 Å². The number of hydrogen-bond acceptors (Lipinski definition) is 3. The van der Waals surface area contributed by atoms with Gasteiger partial charge in [0.05, 0.1) is 12.8 Å². The number of nitrogens with zero attached hydrogens (tertiary/aromatic N) is 1. The maximum atomic E-state index is 12.5. The van der Waals surface area contributed by atoms with Crippen molar-refractivity contribution in [3.8, 4) is 11.4 Å². The molecule has 2 N–H and O–H groups in total. The van der Waals surface area contributed by atoms with Gasteiger partial charge in [-0.05, 0) is 25.0 Å². The fourth-order valence-electron chi connectivity index (χ4n) is 2.23. The number of carboxylic acids is 1. The molecule has 0 atom stereocenters. The molecule has 0 saturated carbocycles. The lowest BCUT2D eigenvalue weighted by molar-refractivity contribution is -0.136. The number of aliphatic carboxylic acids is 1. The number of nitrogens with one attached hydrogen (secondary N) is 1. The molecule has 1 heterocycles. The number of aryl methyl sites for hydroxylation is 1. The van der Waals surface area contributed by atoms with Crippen LogP contribution < -0.4 is 10.3 Å². The monoisotopic (exact) mass is 290 g/mol. The zero-order valence-electron chi connectivity index (χ0n) is 12.0. The number of carbonyl (C=O) groups is 1. The van der Waals surface area contributed by atoms with Gasteiger partial charge in [-0.2, -0.15) is 0 Å². The number of aromatic nitrogens is 2. The maximum Gasteiger partial charge on any atom is 0.303 e. The highest BCUT2D eigenvalue weighted by Crippen LogP contribution is 2.16. The van der Waals surface area contributed by atoms with E-state index >= 15 is 0 Å². The van der Waals surface area contributed by atoms with Crippen LogP contribution in [0.4, 0.5) is 0 Å². The average Bonchev–Trinajstić information content (AvgIpc) is 2.81. The summed E-state index contributed by atoms with van der Waals surface area (Å²) in [5.74, 6) is -0.260. The van der Waals surface area contributed by atoms with E-state index in [9.17, 15) is 9.59 Å². The minimum Gasteiger partial charge on any atom is -0.497 e. The van der Waals surface area contributed by atoms with Crippen LogP contribution in [0.25, 0.3) is 5.69 Å². The number of aromatic amines is 1. The lowest BCUT2D eigenvalue weighted by Gasteiger charge is -2.04. The molecule has 6 nitrogen and oxygen atoms in total. The van der Waals surface area contributed by atoms with Gasteiger partial charge in [-0.1, -0.05) is 13.0 Å². The summed E-state index contributed by atoms with van der Waals surface area (Å²) in [5.41, 5.74) is 1.75. The van der Waals surface area contributed by atoms with Gasteiger partial charge in [-0.25, -0.2) is 4.68 Å². The smallest absolute Gasteiger partial charge is 0.303 e. The molecular formula is C15H18N2O4. The van der Waals surface area contributed by atoms with E-state index in [2.05, 4.69) is 5.10 Å². The molecule has 6 heteroatoms. The number of H-pyrrole nitrogens is 1. The number of rotatable bonds is 6. The van der Waals surface area contributed by atoms with Crippen LogP contribution in [0.5, 0.6) is 5.75 Å². The molecule has 1 aromatic carbocycles. The van der Waals surface area contributed by atoms with Gasteiger partial charge in [0, 0.05) is 23.7 Å². The molecule has 112 valence electrons. The van der Waals surface area contributed by atoms with Crippen molar-refractivity contribution >= 4 is 5.97 Å². The van der Waals surface area contributed by atoms with Crippen LogP contribution in [0, 0.1) is 0 Å². The first-order valence-electron chi connectivity index (χ1n) is 6.75. The second kappa shape index (κ2) is 6.30. The number of carboxylic acid groups (broad SMARTS) is 1. The first kappa shape index (κ1) is 14.9. The first-order chi connectivity index (χ1) is 10.1. The van der Waals surface area contributed by atoms with Crippen molar-refractivity contribution in [3.63, 3.8) is 0 Å². The fraction of sp³-hybridized carbons (Fsp3) is 0.333. The van der Waals surface area contributed by atoms with Gasteiger partial charge < -0.3 is 9.84 Å². The highest BCUT2D eigenvalue weighted by molar-refractivity contribution is 5.67. The largest absolute Gasteiger partial charge is 0.497 e. The molecule has 2 aromatic rings. The van der Waals surface area contributed by atoms with Gasteiger partial charge >= 0.3 is 5.97 Å². The van der Waals surface area contributed by atoms with Crippen LogP contribution in [0.15, 0.2) is 29.1 Å². The van der Waals surface area contributed by atoms with E-state index in [0.717, 1.165) is 5.69 Å². The van der Waals surface area contributed by atoms with E-state index in [0.29, 0.717) is 23.4 Å². The third kappa shape index (κ3) is 3.16. The standard InChI is InChI=1S/C15H18N2O4/c1-3-13-12(7-8-14(18)19)15(20)17(16-13)10-5-4-6-11(9-10)21-2/h4-6,9,16H,3,7-8H2,1-2H3,(H,18,19). The summed E-state index contributed by atoms with van der Waals surface area (Å²) in [6.45, 7) is 1.92. The van der Waals surface area contributed by atoms with Crippen molar-refractivity contribution in [2.24, 2.45) is 0 Å². The Hall–Kier alpha value is -2.50. The van der Waals surface area contributed by atoms with Crippen LogP contribution in [-0.4, -0.2) is 28.0 Å². The molecule has 0 aliphatic heterocycles. The van der Waals surface area contributed by atoms with Crippen LogP contribution in [0.2, 0.25) is 0 Å². The minimum absolute atomic E-state index is 0.0573. The number of methoxy groups -OCH3 is 1. The maximum absolute atomic E-state index is 12.5. The molecule has 0 bridgehead atoms. The zero-order chi connectivity index (χ0) is 15.4. The second-order valence-corrected chi connectivity index (χ2v) is 4.66. The van der Waals surface area contributed by atoms with Gasteiger partial charge in [0.1, 0.15) is 5.75 Å². The van der Waals surface area contributed by atoms with Gasteiger partial charge in [0.25, 0.3) is 5.56 Å². The molecule has 0 fully saturated rings. The van der Waals surface area contributed by atoms with E-state index in [1.807, 2.05) is 6.92 Å². The highest BCUT2D eigenvalue weighted by atomic mass is 16.5. The molecule has 1 aromatic heterocycles. The lowest BCUT2D eigenvalue weighted by Crippen LogP contribution is -2.18. The molecule has 0 unspecified atom stereocenters. The summed E-state index contributed by atoms with van der Waals surface area (Å²) in [5, 5.41) is 11.8. The van der Waals surface area contributed by atoms with Crippen LogP contribution in [-0.2, 0) is 17.6 Å². The Balaban J connectivity index is 2.45. The van der Waals surface area contributed by atoms with Crippen molar-refractivity contribution in [2.75, 3.05) is 7.11 Å². The first-order valence-corrected chi connectivity index (χ1v) is 6.75. The van der Waals surface area contributed by atoms with Crippen LogP contribution in [0.1, 0.15) is 24.6 Å². The number of ether oxygens (including phenoxy) is 1. The summed E-state index contributed by atoms with van der Waals surface area (Å²) in [6.07, 6.45) is 0.810. The highest BCUT2D eigenvalue weighted by Gasteiger charge is 2.15. The van der Waals surface area contributed by atoms with E-state index in [1.54, 1.807) is 31.4 Å². The third-order valence-corrected chi connectivity index (χ3v) is 3.33. The molecule has 0 saturated heterocycles. The number of hydrogen-bond donors (Lipinski definition) is 2. The second-order valence-electron chi connectivity index (χ2n) is 4.66. The zero-order valence-corrected chi connectivity index (χ0v) is 12.0. The Morgan fingerprint density at radius 2 is 2.19 bits per heavy atom. The average molecular weight is 290 g/mol. The molecule has 0 radical (unpaired) electrons. The SMILES string of the molecule is CCc1[nH]n(-c2cccc(OC)c2)c(=O)c1CCC(=O)O. The Morgan fingerprint density at radius 1 is 1.43 bits per heavy atom. The van der Waals surface area contributed by atoms with Crippen molar-refractivity contribution in [1.29, 1.82) is 0 Å².